The van der Waals surface area contributed by atoms with Crippen molar-refractivity contribution in [3.05, 3.63) is 35.7 Å². The fourth-order valence-electron chi connectivity index (χ4n) is 5.14. The Kier molecular flexibility index (Phi) is 9.19. The number of rotatable bonds is 9. The van der Waals surface area contributed by atoms with Crippen molar-refractivity contribution in [3.63, 3.8) is 0 Å². The van der Waals surface area contributed by atoms with Crippen molar-refractivity contribution in [1.82, 2.24) is 14.9 Å². The van der Waals surface area contributed by atoms with Crippen LogP contribution in [0.15, 0.2) is 34.3 Å². The summed E-state index contributed by atoms with van der Waals surface area (Å²) in [6.45, 7) is 10.5. The zero-order valence-electron chi connectivity index (χ0n) is 21.6. The monoisotopic (exact) mass is 507 g/mol. The average Bonchev–Trinajstić information content (AvgIpc) is 2.92. The number of aryl methyl sites for hydroxylation is 1. The van der Waals surface area contributed by atoms with E-state index in [4.69, 9.17) is 20.6 Å². The van der Waals surface area contributed by atoms with E-state index in [2.05, 4.69) is 50.5 Å². The molecule has 2 fully saturated rings. The Morgan fingerprint density at radius 2 is 2.00 bits per heavy atom. The molecule has 0 spiro atoms. The molecule has 0 bridgehead atoms. The highest BCUT2D eigenvalue weighted by atomic mass is 16.5. The van der Waals surface area contributed by atoms with Crippen LogP contribution in [0.1, 0.15) is 50.4 Å². The number of benzene rings is 1. The number of anilines is 1. The first kappa shape index (κ1) is 26.7. The number of amidine groups is 1. The van der Waals surface area contributed by atoms with Gasteiger partial charge in [-0.3, -0.25) is 4.90 Å². The second-order valence-electron chi connectivity index (χ2n) is 9.66. The topological polar surface area (TPSA) is 130 Å². The molecular formula is C27H37N7O3. The Bertz CT molecular complexity index is 1100. The van der Waals surface area contributed by atoms with Crippen molar-refractivity contribution in [1.29, 1.82) is 0 Å². The fraction of sp³-hybridized carbons (Fsp3) is 0.519. The van der Waals surface area contributed by atoms with E-state index in [0.717, 1.165) is 42.9 Å². The molecule has 37 heavy (non-hydrogen) atoms. The first-order valence-electron chi connectivity index (χ1n) is 13.1. The van der Waals surface area contributed by atoms with Gasteiger partial charge in [0.05, 0.1) is 19.9 Å². The third-order valence-electron chi connectivity index (χ3n) is 7.06. The molecule has 1 aromatic heterocycles. The Balaban J connectivity index is 1.86. The van der Waals surface area contributed by atoms with Crippen molar-refractivity contribution in [2.24, 2.45) is 21.6 Å². The highest BCUT2D eigenvalue weighted by Crippen LogP contribution is 2.38. The lowest BCUT2D eigenvalue weighted by atomic mass is 9.89. The Labute approximate surface area is 218 Å². The number of hydrogen-bond acceptors (Lipinski definition) is 7. The van der Waals surface area contributed by atoms with Gasteiger partial charge in [-0.25, -0.2) is 19.8 Å². The van der Waals surface area contributed by atoms with Gasteiger partial charge in [-0.2, -0.15) is 4.99 Å². The van der Waals surface area contributed by atoms with Crippen molar-refractivity contribution < 1.29 is 14.6 Å². The second kappa shape index (κ2) is 12.7. The summed E-state index contributed by atoms with van der Waals surface area (Å²) < 4.78 is 5.59. The first-order valence-corrected chi connectivity index (χ1v) is 13.1. The smallest absolute Gasteiger partial charge is 0.433 e. The van der Waals surface area contributed by atoms with Crippen molar-refractivity contribution >= 4 is 30.2 Å². The van der Waals surface area contributed by atoms with Crippen LogP contribution in [0.25, 0.3) is 11.3 Å². The number of carbonyl (C=O) groups is 1. The number of morpholine rings is 1. The number of nitrogens with zero attached hydrogens (tertiary/aromatic N) is 6. The number of aromatic nitrogens is 2. The van der Waals surface area contributed by atoms with Crippen LogP contribution in [0.3, 0.4) is 0 Å². The molecule has 4 rings (SSSR count). The quantitative estimate of drug-likeness (QED) is 0.383. The Morgan fingerprint density at radius 1 is 1.24 bits per heavy atom. The first-order chi connectivity index (χ1) is 18.0. The molecule has 1 aromatic carbocycles. The normalized spacial score (nSPS) is 17.5. The number of hydrogen-bond donors (Lipinski definition) is 2. The zero-order valence-corrected chi connectivity index (χ0v) is 21.6. The van der Waals surface area contributed by atoms with Crippen molar-refractivity contribution in [2.45, 2.75) is 45.4 Å². The van der Waals surface area contributed by atoms with Gasteiger partial charge >= 0.3 is 6.09 Å². The van der Waals surface area contributed by atoms with Crippen LogP contribution in [-0.4, -0.2) is 78.1 Å². The number of ether oxygens (including phenoxy) is 1. The van der Waals surface area contributed by atoms with Gasteiger partial charge in [0, 0.05) is 25.2 Å². The van der Waals surface area contributed by atoms with E-state index >= 15 is 0 Å². The second-order valence-corrected chi connectivity index (χ2v) is 9.66. The van der Waals surface area contributed by atoms with E-state index in [1.807, 2.05) is 12.1 Å². The third-order valence-corrected chi connectivity index (χ3v) is 7.06. The summed E-state index contributed by atoms with van der Waals surface area (Å²) >= 11 is 0. The number of carboxylic acid groups (broad SMARTS) is 1. The number of nitrogens with two attached hydrogens (primary N) is 1. The molecule has 10 nitrogen and oxygen atoms in total. The summed E-state index contributed by atoms with van der Waals surface area (Å²) in [6.07, 6.45) is 5.61. The summed E-state index contributed by atoms with van der Waals surface area (Å²) in [7, 11) is 0. The van der Waals surface area contributed by atoms with E-state index in [1.165, 1.54) is 32.1 Å². The van der Waals surface area contributed by atoms with Gasteiger partial charge in [0.1, 0.15) is 11.4 Å². The van der Waals surface area contributed by atoms with E-state index in [-0.39, 0.29) is 11.7 Å². The van der Waals surface area contributed by atoms with Crippen LogP contribution >= 0.6 is 0 Å². The van der Waals surface area contributed by atoms with Crippen LogP contribution in [0.4, 0.5) is 16.3 Å². The highest BCUT2D eigenvalue weighted by Gasteiger charge is 2.27. The average molecular weight is 508 g/mol. The lowest BCUT2D eigenvalue weighted by Crippen LogP contribution is -2.46. The molecule has 0 unspecified atom stereocenters. The minimum atomic E-state index is -1.40. The molecule has 10 heteroatoms. The van der Waals surface area contributed by atoms with Crippen LogP contribution in [-0.2, 0) is 11.2 Å². The summed E-state index contributed by atoms with van der Waals surface area (Å²) in [5.41, 5.74) is 9.48. The molecule has 1 amide bonds. The van der Waals surface area contributed by atoms with Crippen molar-refractivity contribution in [2.75, 3.05) is 44.4 Å². The lowest BCUT2D eigenvalue weighted by Gasteiger charge is -2.37. The molecule has 2 aliphatic rings. The van der Waals surface area contributed by atoms with Crippen molar-refractivity contribution in [3.8, 4) is 11.3 Å². The van der Waals surface area contributed by atoms with E-state index in [0.29, 0.717) is 37.3 Å². The van der Waals surface area contributed by atoms with E-state index in [1.54, 1.807) is 0 Å². The summed E-state index contributed by atoms with van der Waals surface area (Å²) in [5.74, 6) is 0.674. The summed E-state index contributed by atoms with van der Waals surface area (Å²) in [6, 6.07) is 8.18. The van der Waals surface area contributed by atoms with E-state index in [9.17, 15) is 4.79 Å². The molecular weight excluding hydrogens is 470 g/mol. The van der Waals surface area contributed by atoms with Gasteiger partial charge in [0.15, 0.2) is 17.5 Å². The predicted octanol–water partition coefficient (Wildman–Crippen LogP) is 4.10. The van der Waals surface area contributed by atoms with Gasteiger partial charge in [-0.1, -0.05) is 44.4 Å². The largest absolute Gasteiger partial charge is 0.463 e. The maximum absolute atomic E-state index is 11.2. The Hall–Kier alpha value is -3.37. The molecule has 2 aromatic rings. The molecule has 198 valence electrons. The SMILES string of the molecule is C=Nc1nc(/C(N)=N/C(=O)O)nc(-c2cccc(CC)c2)c1N(CC1CCCCC1)CN1CCOCC1. The molecule has 1 saturated heterocycles. The van der Waals surface area contributed by atoms with Crippen LogP contribution in [0.5, 0.6) is 0 Å². The Morgan fingerprint density at radius 3 is 2.68 bits per heavy atom. The molecule has 1 saturated carbocycles. The molecule has 0 radical (unpaired) electrons. The predicted molar refractivity (Wildman–Crippen MR) is 146 cm³/mol. The third kappa shape index (κ3) is 6.90. The number of aliphatic imine (C=N–C) groups is 2. The number of amides is 1. The maximum Gasteiger partial charge on any atom is 0.433 e. The van der Waals surface area contributed by atoms with Gasteiger partial charge in [-0.15, -0.1) is 0 Å². The standard InChI is InChI=1S/C27H37N7O3/c1-3-19-10-7-11-21(16-19)22-23(25(29-2)32-26(30-22)24(28)31-27(35)36)34(17-20-8-5-4-6-9-20)18-33-12-14-37-15-13-33/h7,10-11,16,20H,2-6,8-9,12-15,17-18H2,1H3,(H2,28,31)(H,35,36). The lowest BCUT2D eigenvalue weighted by molar-refractivity contribution is 0.0375. The van der Waals surface area contributed by atoms with Gasteiger partial charge in [0.2, 0.25) is 0 Å². The molecule has 1 aliphatic heterocycles. The van der Waals surface area contributed by atoms with Crippen LogP contribution in [0.2, 0.25) is 0 Å². The molecule has 2 heterocycles. The fourth-order valence-corrected chi connectivity index (χ4v) is 5.14. The maximum atomic E-state index is 11.2. The minimum absolute atomic E-state index is 0.0226. The summed E-state index contributed by atoms with van der Waals surface area (Å²) in [4.78, 5) is 33.0. The summed E-state index contributed by atoms with van der Waals surface area (Å²) in [5, 5.41) is 9.15. The van der Waals surface area contributed by atoms with Gasteiger partial charge < -0.3 is 20.5 Å². The minimum Gasteiger partial charge on any atom is -0.463 e. The zero-order chi connectivity index (χ0) is 26.2. The molecule has 3 N–H and O–H groups in total. The van der Waals surface area contributed by atoms with Crippen LogP contribution < -0.4 is 10.6 Å². The van der Waals surface area contributed by atoms with Gasteiger partial charge in [-0.05, 0) is 43.5 Å². The van der Waals surface area contributed by atoms with E-state index < -0.39 is 6.09 Å². The van der Waals surface area contributed by atoms with Crippen LogP contribution in [0, 0.1) is 5.92 Å². The molecule has 0 atom stereocenters. The van der Waals surface area contributed by atoms with Gasteiger partial charge in [0.25, 0.3) is 0 Å². The highest BCUT2D eigenvalue weighted by molar-refractivity contribution is 6.01. The molecule has 1 aliphatic carbocycles.